The number of nitrogens with one attached hydrogen (secondary N) is 2. The second-order valence-corrected chi connectivity index (χ2v) is 9.20. The fourth-order valence-corrected chi connectivity index (χ4v) is 3.97. The summed E-state index contributed by atoms with van der Waals surface area (Å²) in [5.41, 5.74) is 3.59. The number of likely N-dealkylation sites (N-methyl/N-ethyl adjacent to an activating group) is 1. The lowest BCUT2D eigenvalue weighted by molar-refractivity contribution is -0.111. The summed E-state index contributed by atoms with van der Waals surface area (Å²) >= 11 is 0. The summed E-state index contributed by atoms with van der Waals surface area (Å²) in [6, 6.07) is 13.0. The van der Waals surface area contributed by atoms with E-state index in [0.29, 0.717) is 58.5 Å². The minimum Gasteiger partial charge on any atom is -0.490 e. The van der Waals surface area contributed by atoms with E-state index in [1.165, 1.54) is 12.7 Å². The summed E-state index contributed by atoms with van der Waals surface area (Å²) in [6.07, 6.45) is 4.78. The molecule has 0 fully saturated rings. The first-order valence-corrected chi connectivity index (χ1v) is 12.5. The molecule has 0 bridgehead atoms. The third-order valence-electron chi connectivity index (χ3n) is 5.94. The van der Waals surface area contributed by atoms with E-state index in [4.69, 9.17) is 9.47 Å². The fourth-order valence-electron chi connectivity index (χ4n) is 3.97. The Kier molecular flexibility index (Phi) is 7.70. The number of aromatic nitrogens is 5. The third kappa shape index (κ3) is 6.09. The molecule has 3 heterocycles. The summed E-state index contributed by atoms with van der Waals surface area (Å²) in [4.78, 5) is 27.4. The highest BCUT2D eigenvalue weighted by molar-refractivity contribution is 6.06. The van der Waals surface area contributed by atoms with Gasteiger partial charge in [0.05, 0.1) is 11.2 Å². The Morgan fingerprint density at radius 3 is 2.73 bits per heavy atom. The first-order chi connectivity index (χ1) is 19.4. The van der Waals surface area contributed by atoms with Crippen molar-refractivity contribution in [3.63, 3.8) is 0 Å². The van der Waals surface area contributed by atoms with Crippen LogP contribution in [0.4, 0.5) is 17.2 Å². The Labute approximate surface area is 231 Å². The predicted molar refractivity (Wildman–Crippen MR) is 153 cm³/mol. The van der Waals surface area contributed by atoms with Crippen molar-refractivity contribution in [2.75, 3.05) is 37.9 Å². The number of hydrogen-bond acceptors (Lipinski definition) is 9. The lowest BCUT2D eigenvalue weighted by Gasteiger charge is -2.16. The monoisotopic (exact) mass is 536 g/mol. The van der Waals surface area contributed by atoms with E-state index in [2.05, 4.69) is 42.5 Å². The largest absolute Gasteiger partial charge is 0.490 e. The van der Waals surface area contributed by atoms with Crippen molar-refractivity contribution < 1.29 is 14.3 Å². The zero-order valence-electron chi connectivity index (χ0n) is 22.6. The number of carbonyl (C=O) groups is 1. The molecule has 0 atom stereocenters. The summed E-state index contributed by atoms with van der Waals surface area (Å²) in [7, 11) is 3.93. The van der Waals surface area contributed by atoms with Gasteiger partial charge in [-0.25, -0.2) is 19.5 Å². The van der Waals surface area contributed by atoms with Gasteiger partial charge in [-0.3, -0.25) is 4.79 Å². The van der Waals surface area contributed by atoms with Gasteiger partial charge in [0.1, 0.15) is 42.3 Å². The Bertz CT molecular complexity index is 1750. The zero-order chi connectivity index (χ0) is 28.1. The van der Waals surface area contributed by atoms with E-state index in [1.54, 1.807) is 29.8 Å². The van der Waals surface area contributed by atoms with E-state index >= 15 is 0 Å². The highest BCUT2D eigenvalue weighted by Gasteiger charge is 2.14. The summed E-state index contributed by atoms with van der Waals surface area (Å²) in [5.74, 6) is 7.15. The van der Waals surface area contributed by atoms with E-state index < -0.39 is 5.91 Å². The molecule has 0 aliphatic heterocycles. The Morgan fingerprint density at radius 2 is 1.93 bits per heavy atom. The van der Waals surface area contributed by atoms with Gasteiger partial charge in [-0.15, -0.1) is 0 Å². The molecule has 11 heteroatoms. The van der Waals surface area contributed by atoms with Crippen molar-refractivity contribution in [3.8, 4) is 29.1 Å². The van der Waals surface area contributed by atoms with Crippen molar-refractivity contribution in [1.82, 2.24) is 29.5 Å². The summed E-state index contributed by atoms with van der Waals surface area (Å²) in [6.45, 7) is 4.73. The smallest absolute Gasteiger partial charge is 0.300 e. The Balaban J connectivity index is 1.41. The van der Waals surface area contributed by atoms with E-state index in [-0.39, 0.29) is 0 Å². The molecule has 0 aliphatic rings. The van der Waals surface area contributed by atoms with Crippen molar-refractivity contribution in [2.45, 2.75) is 13.8 Å². The topological polar surface area (TPSA) is 119 Å². The molecule has 11 nitrogen and oxygen atoms in total. The molecule has 0 aliphatic carbocycles. The summed E-state index contributed by atoms with van der Waals surface area (Å²) < 4.78 is 13.7. The first kappa shape index (κ1) is 26.4. The number of anilines is 3. The van der Waals surface area contributed by atoms with Crippen LogP contribution in [0.5, 0.6) is 17.2 Å². The Morgan fingerprint density at radius 1 is 1.05 bits per heavy atom. The van der Waals surface area contributed by atoms with Crippen molar-refractivity contribution >= 4 is 39.6 Å². The van der Waals surface area contributed by atoms with Crippen LogP contribution >= 0.6 is 0 Å². The van der Waals surface area contributed by atoms with Crippen LogP contribution < -0.4 is 20.1 Å². The normalized spacial score (nSPS) is 10.8. The van der Waals surface area contributed by atoms with Crippen LogP contribution in [0.3, 0.4) is 0 Å². The van der Waals surface area contributed by atoms with Gasteiger partial charge < -0.3 is 25.0 Å². The molecule has 5 aromatic rings. The van der Waals surface area contributed by atoms with Gasteiger partial charge in [-0.2, -0.15) is 5.10 Å². The van der Waals surface area contributed by atoms with Crippen molar-refractivity contribution in [2.24, 2.45) is 0 Å². The van der Waals surface area contributed by atoms with Crippen LogP contribution in [0.15, 0.2) is 61.3 Å². The number of benzene rings is 2. The van der Waals surface area contributed by atoms with Gasteiger partial charge in [0.25, 0.3) is 5.91 Å². The van der Waals surface area contributed by atoms with Gasteiger partial charge in [-0.05, 0) is 69.8 Å². The summed E-state index contributed by atoms with van der Waals surface area (Å²) in [5, 5.41) is 11.0. The van der Waals surface area contributed by atoms with Crippen LogP contribution in [-0.4, -0.2) is 62.6 Å². The lowest BCUT2D eigenvalue weighted by atomic mass is 10.1. The Hall–Kier alpha value is -5.21. The van der Waals surface area contributed by atoms with Gasteiger partial charge in [0.15, 0.2) is 5.65 Å². The van der Waals surface area contributed by atoms with E-state index in [9.17, 15) is 4.79 Å². The van der Waals surface area contributed by atoms with E-state index in [0.717, 1.165) is 11.3 Å². The van der Waals surface area contributed by atoms with Crippen LogP contribution in [0, 0.1) is 18.8 Å². The quantitative estimate of drug-likeness (QED) is 0.264. The highest BCUT2D eigenvalue weighted by Crippen LogP contribution is 2.34. The molecule has 40 heavy (non-hydrogen) atoms. The van der Waals surface area contributed by atoms with E-state index in [1.807, 2.05) is 56.3 Å². The van der Waals surface area contributed by atoms with Gasteiger partial charge in [0.2, 0.25) is 0 Å². The molecule has 2 aromatic carbocycles. The number of carbonyl (C=O) groups excluding carboxylic acids is 1. The number of nitrogens with zero attached hydrogens (tertiary/aromatic N) is 6. The predicted octanol–water partition coefficient (Wildman–Crippen LogP) is 4.42. The number of amides is 1. The zero-order valence-corrected chi connectivity index (χ0v) is 22.6. The number of fused-ring (bicyclic) bond motifs is 2. The molecule has 0 spiro atoms. The molecule has 0 saturated heterocycles. The molecule has 3 aromatic heterocycles. The molecule has 0 unspecified atom stereocenters. The molecule has 5 rings (SSSR count). The molecule has 202 valence electrons. The molecule has 0 radical (unpaired) electrons. The average molecular weight is 537 g/mol. The number of aryl methyl sites for hydroxylation is 1. The third-order valence-corrected chi connectivity index (χ3v) is 5.94. The molecule has 1 amide bonds. The number of rotatable bonds is 9. The minimum absolute atomic E-state index is 0.431. The maximum atomic E-state index is 12.3. The number of pyridine rings is 1. The van der Waals surface area contributed by atoms with Gasteiger partial charge in [0, 0.05) is 35.9 Å². The van der Waals surface area contributed by atoms with Crippen LogP contribution in [0.25, 0.3) is 16.6 Å². The standard InChI is InChI=1S/C29H28N8O3/c1-5-6-28(38)35-24-15-22-23(16-26(24)39-12-11-36(3)4)30-17-32-29(22)34-20-7-8-25(19(2)13-20)40-21-9-10-37-27(14-21)31-18-33-37/h7-10,13-18H,11-12H2,1-4H3,(H,35,38)(H,30,32,34). The first-order valence-electron chi connectivity index (χ1n) is 12.5. The highest BCUT2D eigenvalue weighted by atomic mass is 16.5. The van der Waals surface area contributed by atoms with Crippen LogP contribution in [0.2, 0.25) is 0 Å². The van der Waals surface area contributed by atoms with Gasteiger partial charge in [-0.1, -0.05) is 5.92 Å². The SMILES string of the molecule is CC#CC(=O)Nc1cc2c(Nc3ccc(Oc4ccn5ncnc5c4)c(C)c3)ncnc2cc1OCCN(C)C. The van der Waals surface area contributed by atoms with Crippen molar-refractivity contribution in [3.05, 3.63) is 66.9 Å². The number of hydrogen-bond donors (Lipinski definition) is 2. The molecular weight excluding hydrogens is 508 g/mol. The second-order valence-electron chi connectivity index (χ2n) is 9.20. The molecular formula is C29H28N8O3. The van der Waals surface area contributed by atoms with Crippen molar-refractivity contribution in [1.29, 1.82) is 0 Å². The minimum atomic E-state index is -0.431. The maximum Gasteiger partial charge on any atom is 0.300 e. The number of ether oxygens (including phenoxy) is 2. The average Bonchev–Trinajstić information content (AvgIpc) is 3.39. The van der Waals surface area contributed by atoms with Gasteiger partial charge >= 0.3 is 0 Å². The fraction of sp³-hybridized carbons (Fsp3) is 0.207. The molecule has 0 saturated carbocycles. The molecule has 2 N–H and O–H groups in total. The lowest BCUT2D eigenvalue weighted by Crippen LogP contribution is -2.20. The second kappa shape index (κ2) is 11.7. The van der Waals surface area contributed by atoms with Crippen LogP contribution in [0.1, 0.15) is 12.5 Å². The maximum absolute atomic E-state index is 12.3. The van der Waals surface area contributed by atoms with Crippen LogP contribution in [-0.2, 0) is 4.79 Å².